The summed E-state index contributed by atoms with van der Waals surface area (Å²) >= 11 is 12.8. The molecular weight excluding hydrogens is 481 g/mol. The molecule has 5 nitrogen and oxygen atoms in total. The zero-order valence-corrected chi connectivity index (χ0v) is 22.1. The summed E-state index contributed by atoms with van der Waals surface area (Å²) in [6.07, 6.45) is 6.10. The lowest BCUT2D eigenvalue weighted by atomic mass is 10.0. The first-order valence-electron chi connectivity index (χ1n) is 11.9. The van der Waals surface area contributed by atoms with Crippen molar-refractivity contribution in [3.8, 4) is 5.75 Å². The number of amides is 1. The van der Waals surface area contributed by atoms with Gasteiger partial charge in [0.15, 0.2) is 0 Å². The quantitative estimate of drug-likeness (QED) is 0.403. The summed E-state index contributed by atoms with van der Waals surface area (Å²) in [6, 6.07) is 11.4. The van der Waals surface area contributed by atoms with E-state index in [9.17, 15) is 4.79 Å². The van der Waals surface area contributed by atoms with Crippen molar-refractivity contribution >= 4 is 46.1 Å². The van der Waals surface area contributed by atoms with E-state index in [2.05, 4.69) is 27.9 Å². The molecule has 4 rings (SSSR count). The van der Waals surface area contributed by atoms with Crippen molar-refractivity contribution in [2.45, 2.75) is 46.3 Å². The van der Waals surface area contributed by atoms with E-state index >= 15 is 0 Å². The molecule has 7 heteroatoms. The van der Waals surface area contributed by atoms with Crippen molar-refractivity contribution in [2.24, 2.45) is 4.99 Å². The Morgan fingerprint density at radius 1 is 1.17 bits per heavy atom. The van der Waals surface area contributed by atoms with E-state index in [4.69, 9.17) is 27.9 Å². The summed E-state index contributed by atoms with van der Waals surface area (Å²) < 4.78 is 5.63. The predicted molar refractivity (Wildman–Crippen MR) is 148 cm³/mol. The third kappa shape index (κ3) is 7.69. The standard InChI is InChI=1S/C25H27Cl2N3O2.C3H6/c1-16(2)32-24-8-6-19(13-22(24)27)29-25(31)23-12-18(14-28-23)20-7-5-17(11-21(20)26)15-30-9-3-4-10-30;1-3-2/h5-8,11-13,16H,3-4,9-10,14-15H2,1-2H3,(H,29,31);3H,1H2,2H3. The highest BCUT2D eigenvalue weighted by molar-refractivity contribution is 6.49. The maximum absolute atomic E-state index is 12.7. The van der Waals surface area contributed by atoms with Crippen LogP contribution >= 0.6 is 23.2 Å². The molecule has 0 aliphatic carbocycles. The second kappa shape index (κ2) is 12.9. The average molecular weight is 514 g/mol. The fourth-order valence-corrected chi connectivity index (χ4v) is 4.52. The summed E-state index contributed by atoms with van der Waals surface area (Å²) in [5, 5.41) is 3.99. The Morgan fingerprint density at radius 3 is 2.51 bits per heavy atom. The topological polar surface area (TPSA) is 53.9 Å². The van der Waals surface area contributed by atoms with Gasteiger partial charge in [-0.15, -0.1) is 6.58 Å². The van der Waals surface area contributed by atoms with Crippen LogP contribution in [0.25, 0.3) is 5.57 Å². The van der Waals surface area contributed by atoms with Crippen molar-refractivity contribution in [1.29, 1.82) is 0 Å². The van der Waals surface area contributed by atoms with Gasteiger partial charge < -0.3 is 10.1 Å². The lowest BCUT2D eigenvalue weighted by Crippen LogP contribution is -2.20. The minimum atomic E-state index is -0.282. The molecule has 1 fully saturated rings. The molecular formula is C28H33Cl2N3O2. The van der Waals surface area contributed by atoms with Gasteiger partial charge >= 0.3 is 0 Å². The van der Waals surface area contributed by atoms with Crippen LogP contribution in [-0.4, -0.2) is 42.3 Å². The summed E-state index contributed by atoms with van der Waals surface area (Å²) in [6.45, 7) is 12.8. The van der Waals surface area contributed by atoms with Crippen molar-refractivity contribution in [1.82, 2.24) is 4.90 Å². The first-order valence-corrected chi connectivity index (χ1v) is 12.7. The number of ether oxygens (including phenoxy) is 1. The number of hydrogen-bond acceptors (Lipinski definition) is 4. The minimum Gasteiger partial charge on any atom is -0.489 e. The van der Waals surface area contributed by atoms with Crippen LogP contribution in [0.3, 0.4) is 0 Å². The molecule has 0 spiro atoms. The summed E-state index contributed by atoms with van der Waals surface area (Å²) in [7, 11) is 0. The van der Waals surface area contributed by atoms with Gasteiger partial charge in [-0.3, -0.25) is 14.7 Å². The first kappa shape index (κ1) is 27.0. The molecule has 186 valence electrons. The molecule has 0 bridgehead atoms. The van der Waals surface area contributed by atoms with Gasteiger partial charge in [0.2, 0.25) is 0 Å². The van der Waals surface area contributed by atoms with Crippen LogP contribution in [0.15, 0.2) is 60.1 Å². The highest BCUT2D eigenvalue weighted by Crippen LogP contribution is 2.30. The Hall–Kier alpha value is -2.60. The summed E-state index contributed by atoms with van der Waals surface area (Å²) in [5.41, 5.74) is 4.02. The van der Waals surface area contributed by atoms with Gasteiger partial charge in [-0.25, -0.2) is 0 Å². The fourth-order valence-electron chi connectivity index (χ4n) is 3.97. The molecule has 2 aromatic carbocycles. The Labute approximate surface area is 218 Å². The number of carbonyl (C=O) groups excluding carboxylic acids is 1. The van der Waals surface area contributed by atoms with Crippen molar-refractivity contribution in [3.05, 3.63) is 76.3 Å². The lowest BCUT2D eigenvalue weighted by molar-refractivity contribution is -0.110. The van der Waals surface area contributed by atoms with Crippen LogP contribution in [0.1, 0.15) is 44.7 Å². The highest BCUT2D eigenvalue weighted by atomic mass is 35.5. The molecule has 0 radical (unpaired) electrons. The highest BCUT2D eigenvalue weighted by Gasteiger charge is 2.19. The molecule has 0 aromatic heterocycles. The number of rotatable bonds is 7. The Balaban J connectivity index is 0.00000108. The van der Waals surface area contributed by atoms with Gasteiger partial charge in [-0.05, 0) is 93.7 Å². The summed E-state index contributed by atoms with van der Waals surface area (Å²) in [5.74, 6) is 0.304. The Kier molecular flexibility index (Phi) is 9.96. The molecule has 2 heterocycles. The van der Waals surface area contributed by atoms with Crippen molar-refractivity contribution in [3.63, 3.8) is 0 Å². The minimum absolute atomic E-state index is 0.0189. The lowest BCUT2D eigenvalue weighted by Gasteiger charge is -2.15. The first-order chi connectivity index (χ1) is 16.8. The molecule has 1 amide bonds. The predicted octanol–water partition coefficient (Wildman–Crippen LogP) is 7.05. The van der Waals surface area contributed by atoms with Crippen LogP contribution in [-0.2, 0) is 11.3 Å². The zero-order chi connectivity index (χ0) is 25.4. The average Bonchev–Trinajstić information content (AvgIpc) is 3.49. The zero-order valence-electron chi connectivity index (χ0n) is 20.6. The fraction of sp³-hybridized carbons (Fsp3) is 0.357. The van der Waals surface area contributed by atoms with Crippen LogP contribution in [0.2, 0.25) is 10.0 Å². The van der Waals surface area contributed by atoms with Gasteiger partial charge in [-0.1, -0.05) is 41.4 Å². The van der Waals surface area contributed by atoms with Crippen LogP contribution in [0.5, 0.6) is 5.75 Å². The van der Waals surface area contributed by atoms with Crippen LogP contribution in [0.4, 0.5) is 5.69 Å². The molecule has 35 heavy (non-hydrogen) atoms. The number of anilines is 1. The Bertz CT molecular complexity index is 1120. The number of benzene rings is 2. The van der Waals surface area contributed by atoms with Crippen LogP contribution < -0.4 is 10.1 Å². The molecule has 1 N–H and O–H groups in total. The summed E-state index contributed by atoms with van der Waals surface area (Å²) in [4.78, 5) is 19.5. The maximum atomic E-state index is 12.7. The van der Waals surface area contributed by atoms with Gasteiger partial charge in [0.25, 0.3) is 5.91 Å². The molecule has 0 unspecified atom stereocenters. The van der Waals surface area contributed by atoms with E-state index in [1.54, 1.807) is 30.4 Å². The number of halogens is 2. The van der Waals surface area contributed by atoms with E-state index in [1.165, 1.54) is 18.4 Å². The second-order valence-electron chi connectivity index (χ2n) is 8.84. The van der Waals surface area contributed by atoms with Gasteiger partial charge in [0.05, 0.1) is 17.7 Å². The molecule has 2 aliphatic rings. The molecule has 1 saturated heterocycles. The number of likely N-dealkylation sites (tertiary alicyclic amines) is 1. The van der Waals surface area contributed by atoms with Crippen molar-refractivity contribution < 1.29 is 9.53 Å². The number of aliphatic imine (C=N–C) groups is 1. The van der Waals surface area contributed by atoms with Gasteiger partial charge in [0, 0.05) is 17.3 Å². The Morgan fingerprint density at radius 2 is 1.89 bits per heavy atom. The smallest absolute Gasteiger partial charge is 0.273 e. The monoisotopic (exact) mass is 513 g/mol. The molecule has 2 aromatic rings. The number of hydrogen-bond donors (Lipinski definition) is 1. The maximum Gasteiger partial charge on any atom is 0.273 e. The molecule has 2 aliphatic heterocycles. The normalized spacial score (nSPS) is 15.3. The number of nitrogens with zero attached hydrogens (tertiary/aromatic N) is 2. The SMILES string of the molecule is C=CC.CC(C)Oc1ccc(NC(=O)C2=NCC(c3ccc(CN4CCCC4)cc3Cl)=C2)cc1Cl. The van der Waals surface area contributed by atoms with Crippen LogP contribution in [0, 0.1) is 0 Å². The third-order valence-electron chi connectivity index (χ3n) is 5.50. The number of allylic oxidation sites excluding steroid dienone is 1. The molecule has 0 saturated carbocycles. The van der Waals surface area contributed by atoms with E-state index in [0.717, 1.165) is 30.8 Å². The van der Waals surface area contributed by atoms with E-state index < -0.39 is 0 Å². The van der Waals surface area contributed by atoms with Gasteiger partial charge in [-0.2, -0.15) is 0 Å². The third-order valence-corrected chi connectivity index (χ3v) is 6.11. The number of nitrogens with one attached hydrogen (secondary N) is 1. The van der Waals surface area contributed by atoms with Crippen molar-refractivity contribution in [2.75, 3.05) is 25.0 Å². The number of carbonyl (C=O) groups is 1. The van der Waals surface area contributed by atoms with Gasteiger partial charge in [0.1, 0.15) is 11.5 Å². The van der Waals surface area contributed by atoms with E-state index in [-0.39, 0.29) is 12.0 Å². The van der Waals surface area contributed by atoms with E-state index in [1.807, 2.05) is 32.9 Å². The van der Waals surface area contributed by atoms with E-state index in [0.29, 0.717) is 33.7 Å². The largest absolute Gasteiger partial charge is 0.489 e. The second-order valence-corrected chi connectivity index (χ2v) is 9.66. The molecule has 0 atom stereocenters.